The van der Waals surface area contributed by atoms with E-state index in [0.717, 1.165) is 18.8 Å². The number of halogens is 3. The first-order valence-corrected chi connectivity index (χ1v) is 6.11. The van der Waals surface area contributed by atoms with Crippen molar-refractivity contribution in [1.82, 2.24) is 4.98 Å². The summed E-state index contributed by atoms with van der Waals surface area (Å²) in [6.07, 6.45) is -1.09. The van der Waals surface area contributed by atoms with Crippen LogP contribution >= 0.6 is 0 Å². The number of hydrogen-bond donors (Lipinski definition) is 1. The summed E-state index contributed by atoms with van der Waals surface area (Å²) < 4.78 is 37.1. The topological polar surface area (TPSA) is 24.9 Å². The van der Waals surface area contributed by atoms with Gasteiger partial charge < -0.3 is 5.32 Å². The molecule has 0 radical (unpaired) electrons. The summed E-state index contributed by atoms with van der Waals surface area (Å²) >= 11 is 0. The van der Waals surface area contributed by atoms with Gasteiger partial charge in [-0.15, -0.1) is 0 Å². The fraction of sp³-hybridized carbons (Fsp3) is 0.615. The maximum atomic E-state index is 12.4. The number of aromatic nitrogens is 1. The molecule has 1 N–H and O–H groups in total. The summed E-state index contributed by atoms with van der Waals surface area (Å²) in [6, 6.07) is 2.45. The van der Waals surface area contributed by atoms with Crippen LogP contribution in [0.15, 0.2) is 18.3 Å². The standard InChI is InChI=1S/C13H17F3N2/c1-9(2)12(5-6-12)8-18-11-4-3-10(7-17-11)13(14,15)16/h3-4,7,9H,5-6,8H2,1-2H3,(H,17,18). The Morgan fingerprint density at radius 2 is 2.00 bits per heavy atom. The Hall–Kier alpha value is -1.26. The van der Waals surface area contributed by atoms with Gasteiger partial charge in [0, 0.05) is 12.7 Å². The van der Waals surface area contributed by atoms with Gasteiger partial charge in [-0.1, -0.05) is 13.8 Å². The second-order valence-corrected chi connectivity index (χ2v) is 5.30. The van der Waals surface area contributed by atoms with Crippen molar-refractivity contribution in [3.8, 4) is 0 Å². The highest BCUT2D eigenvalue weighted by Gasteiger charge is 2.44. The predicted octanol–water partition coefficient (Wildman–Crippen LogP) is 3.95. The van der Waals surface area contributed by atoms with E-state index in [1.165, 1.54) is 18.9 Å². The summed E-state index contributed by atoms with van der Waals surface area (Å²) in [5.74, 6) is 1.09. The van der Waals surface area contributed by atoms with Crippen LogP contribution in [-0.2, 0) is 6.18 Å². The minimum atomic E-state index is -4.32. The van der Waals surface area contributed by atoms with Gasteiger partial charge in [0.05, 0.1) is 5.56 Å². The molecule has 0 bridgehead atoms. The predicted molar refractivity (Wildman–Crippen MR) is 64.2 cm³/mol. The molecule has 1 aromatic heterocycles. The van der Waals surface area contributed by atoms with E-state index in [-0.39, 0.29) is 0 Å². The molecule has 5 heteroatoms. The van der Waals surface area contributed by atoms with E-state index in [0.29, 0.717) is 17.2 Å². The number of rotatable bonds is 4. The molecular weight excluding hydrogens is 241 g/mol. The quantitative estimate of drug-likeness (QED) is 0.884. The molecule has 0 aliphatic heterocycles. The number of alkyl halides is 3. The first-order valence-electron chi connectivity index (χ1n) is 6.11. The van der Waals surface area contributed by atoms with Crippen LogP contribution in [0.2, 0.25) is 0 Å². The van der Waals surface area contributed by atoms with Crippen molar-refractivity contribution in [2.24, 2.45) is 11.3 Å². The lowest BCUT2D eigenvalue weighted by molar-refractivity contribution is -0.137. The molecule has 0 atom stereocenters. The normalized spacial score (nSPS) is 17.9. The molecule has 0 amide bonds. The average molecular weight is 258 g/mol. The van der Waals surface area contributed by atoms with Crippen LogP contribution in [0.5, 0.6) is 0 Å². The Morgan fingerprint density at radius 3 is 2.39 bits per heavy atom. The number of anilines is 1. The van der Waals surface area contributed by atoms with E-state index in [9.17, 15) is 13.2 Å². The lowest BCUT2D eigenvalue weighted by Crippen LogP contribution is -2.21. The molecular formula is C13H17F3N2. The summed E-state index contributed by atoms with van der Waals surface area (Å²) in [6.45, 7) is 5.13. The SMILES string of the molecule is CC(C)C1(CNc2ccc(C(F)(F)F)cn2)CC1. The van der Waals surface area contributed by atoms with Gasteiger partial charge in [-0.3, -0.25) is 0 Å². The van der Waals surface area contributed by atoms with E-state index in [2.05, 4.69) is 24.1 Å². The molecule has 1 fully saturated rings. The summed E-state index contributed by atoms with van der Waals surface area (Å²) in [4.78, 5) is 3.80. The van der Waals surface area contributed by atoms with Gasteiger partial charge in [0.25, 0.3) is 0 Å². The van der Waals surface area contributed by atoms with Crippen LogP contribution in [0.4, 0.5) is 19.0 Å². The van der Waals surface area contributed by atoms with E-state index in [1.807, 2.05) is 0 Å². The van der Waals surface area contributed by atoms with E-state index >= 15 is 0 Å². The van der Waals surface area contributed by atoms with Crippen LogP contribution in [0.3, 0.4) is 0 Å². The second kappa shape index (κ2) is 4.44. The third-order valence-electron chi connectivity index (χ3n) is 3.83. The van der Waals surface area contributed by atoms with Crippen LogP contribution in [0.25, 0.3) is 0 Å². The Balaban J connectivity index is 1.95. The fourth-order valence-electron chi connectivity index (χ4n) is 2.05. The monoisotopic (exact) mass is 258 g/mol. The highest BCUT2D eigenvalue weighted by molar-refractivity contribution is 5.37. The van der Waals surface area contributed by atoms with Gasteiger partial charge in [0.2, 0.25) is 0 Å². The Bertz CT molecular complexity index is 405. The van der Waals surface area contributed by atoms with E-state index in [4.69, 9.17) is 0 Å². The van der Waals surface area contributed by atoms with Crippen LogP contribution in [-0.4, -0.2) is 11.5 Å². The lowest BCUT2D eigenvalue weighted by atomic mass is 9.92. The van der Waals surface area contributed by atoms with Crippen LogP contribution in [0, 0.1) is 11.3 Å². The molecule has 0 aromatic carbocycles. The zero-order chi connectivity index (χ0) is 13.4. The number of hydrogen-bond acceptors (Lipinski definition) is 2. The van der Waals surface area contributed by atoms with Crippen LogP contribution in [0.1, 0.15) is 32.3 Å². The number of pyridine rings is 1. The molecule has 1 aromatic rings. The first-order chi connectivity index (χ1) is 8.33. The molecule has 0 saturated heterocycles. The third-order valence-corrected chi connectivity index (χ3v) is 3.83. The second-order valence-electron chi connectivity index (χ2n) is 5.30. The highest BCUT2D eigenvalue weighted by atomic mass is 19.4. The Morgan fingerprint density at radius 1 is 1.33 bits per heavy atom. The maximum absolute atomic E-state index is 12.4. The lowest BCUT2D eigenvalue weighted by Gasteiger charge is -2.20. The molecule has 2 rings (SSSR count). The van der Waals surface area contributed by atoms with Gasteiger partial charge in [-0.05, 0) is 36.3 Å². The molecule has 1 saturated carbocycles. The van der Waals surface area contributed by atoms with E-state index < -0.39 is 11.7 Å². The van der Waals surface area contributed by atoms with Crippen LogP contribution < -0.4 is 5.32 Å². The van der Waals surface area contributed by atoms with Gasteiger partial charge in [0.1, 0.15) is 5.82 Å². The van der Waals surface area contributed by atoms with Gasteiger partial charge in [-0.2, -0.15) is 13.2 Å². The fourth-order valence-corrected chi connectivity index (χ4v) is 2.05. The maximum Gasteiger partial charge on any atom is 0.417 e. The molecule has 0 spiro atoms. The van der Waals surface area contributed by atoms with Crippen molar-refractivity contribution < 1.29 is 13.2 Å². The van der Waals surface area contributed by atoms with Crippen molar-refractivity contribution in [2.45, 2.75) is 32.9 Å². The molecule has 1 aliphatic rings. The van der Waals surface area contributed by atoms with Crippen molar-refractivity contribution in [3.05, 3.63) is 23.9 Å². The summed E-state index contributed by atoms with van der Waals surface area (Å²) in [7, 11) is 0. The van der Waals surface area contributed by atoms with Crippen molar-refractivity contribution >= 4 is 5.82 Å². The number of nitrogens with zero attached hydrogens (tertiary/aromatic N) is 1. The zero-order valence-electron chi connectivity index (χ0n) is 10.5. The Labute approximate surface area is 105 Å². The highest BCUT2D eigenvalue weighted by Crippen LogP contribution is 2.51. The zero-order valence-corrected chi connectivity index (χ0v) is 10.5. The minimum Gasteiger partial charge on any atom is -0.370 e. The van der Waals surface area contributed by atoms with Gasteiger partial charge >= 0.3 is 6.18 Å². The molecule has 0 unspecified atom stereocenters. The van der Waals surface area contributed by atoms with E-state index in [1.54, 1.807) is 0 Å². The molecule has 18 heavy (non-hydrogen) atoms. The average Bonchev–Trinajstić information content (AvgIpc) is 3.07. The van der Waals surface area contributed by atoms with Gasteiger partial charge in [0.15, 0.2) is 0 Å². The third kappa shape index (κ3) is 2.76. The first kappa shape index (κ1) is 13.2. The van der Waals surface area contributed by atoms with Crippen molar-refractivity contribution in [2.75, 3.05) is 11.9 Å². The molecule has 1 heterocycles. The number of nitrogens with one attached hydrogen (secondary N) is 1. The molecule has 100 valence electrons. The molecule has 1 aliphatic carbocycles. The molecule has 2 nitrogen and oxygen atoms in total. The largest absolute Gasteiger partial charge is 0.417 e. The smallest absolute Gasteiger partial charge is 0.370 e. The summed E-state index contributed by atoms with van der Waals surface area (Å²) in [5.41, 5.74) is -0.400. The van der Waals surface area contributed by atoms with Gasteiger partial charge in [-0.25, -0.2) is 4.98 Å². The van der Waals surface area contributed by atoms with Crippen molar-refractivity contribution in [3.63, 3.8) is 0 Å². The Kier molecular flexibility index (Phi) is 3.25. The summed E-state index contributed by atoms with van der Waals surface area (Å²) in [5, 5.41) is 3.13. The van der Waals surface area contributed by atoms with Crippen molar-refractivity contribution in [1.29, 1.82) is 0 Å². The minimum absolute atomic E-state index is 0.310.